The predicted octanol–water partition coefficient (Wildman–Crippen LogP) is 3.78. The van der Waals surface area contributed by atoms with Gasteiger partial charge in [0.15, 0.2) is 0 Å². The number of rotatable bonds is 2. The fraction of sp³-hybridized carbons (Fsp3) is 0.500. The van der Waals surface area contributed by atoms with E-state index < -0.39 is 11.6 Å². The number of halogens is 1. The summed E-state index contributed by atoms with van der Waals surface area (Å²) in [5.41, 5.74) is 8.59. The normalized spacial score (nSPS) is 28.5. The van der Waals surface area contributed by atoms with Crippen LogP contribution in [-0.4, -0.2) is 11.2 Å². The SMILES string of the molecule is [N-]=[N+]=N[C@@]1(c2ccccc2Cl)CCCC[C@H]1O. The van der Waals surface area contributed by atoms with Crippen LogP contribution in [0.3, 0.4) is 0 Å². The van der Waals surface area contributed by atoms with E-state index in [-0.39, 0.29) is 0 Å². The molecule has 0 bridgehead atoms. The molecule has 1 aliphatic rings. The van der Waals surface area contributed by atoms with Gasteiger partial charge in [0.1, 0.15) is 5.54 Å². The molecule has 2 rings (SSSR count). The van der Waals surface area contributed by atoms with Gasteiger partial charge in [0.25, 0.3) is 0 Å². The van der Waals surface area contributed by atoms with Gasteiger partial charge in [0.2, 0.25) is 0 Å². The van der Waals surface area contributed by atoms with Crippen molar-refractivity contribution in [2.24, 2.45) is 5.11 Å². The third-order valence-electron chi connectivity index (χ3n) is 3.40. The van der Waals surface area contributed by atoms with Crippen LogP contribution in [0.5, 0.6) is 0 Å². The number of aliphatic hydroxyl groups excluding tert-OH is 1. The van der Waals surface area contributed by atoms with Crippen molar-refractivity contribution in [2.75, 3.05) is 0 Å². The molecule has 1 aromatic carbocycles. The lowest BCUT2D eigenvalue weighted by Gasteiger charge is -2.38. The summed E-state index contributed by atoms with van der Waals surface area (Å²) in [4.78, 5) is 2.91. The van der Waals surface area contributed by atoms with Crippen molar-refractivity contribution in [3.8, 4) is 0 Å². The monoisotopic (exact) mass is 251 g/mol. The molecule has 1 N–H and O–H groups in total. The number of benzene rings is 1. The highest BCUT2D eigenvalue weighted by molar-refractivity contribution is 6.31. The van der Waals surface area contributed by atoms with Crippen LogP contribution in [0, 0.1) is 0 Å². The highest BCUT2D eigenvalue weighted by atomic mass is 35.5. The van der Waals surface area contributed by atoms with Gasteiger partial charge in [-0.2, -0.15) is 0 Å². The summed E-state index contributed by atoms with van der Waals surface area (Å²) in [5.74, 6) is 0. The summed E-state index contributed by atoms with van der Waals surface area (Å²) >= 11 is 6.15. The molecule has 90 valence electrons. The second-order valence-electron chi connectivity index (χ2n) is 4.36. The second-order valence-corrected chi connectivity index (χ2v) is 4.76. The van der Waals surface area contributed by atoms with Gasteiger partial charge in [-0.1, -0.05) is 47.8 Å². The highest BCUT2D eigenvalue weighted by Crippen LogP contribution is 2.43. The first-order chi connectivity index (χ1) is 8.20. The Kier molecular flexibility index (Phi) is 3.57. The van der Waals surface area contributed by atoms with Crippen LogP contribution in [0.4, 0.5) is 0 Å². The van der Waals surface area contributed by atoms with E-state index in [9.17, 15) is 5.11 Å². The molecule has 0 aromatic heterocycles. The Labute approximate surface area is 105 Å². The molecule has 17 heavy (non-hydrogen) atoms. The Morgan fingerprint density at radius 1 is 1.41 bits per heavy atom. The van der Waals surface area contributed by atoms with Crippen molar-refractivity contribution in [1.82, 2.24) is 0 Å². The molecule has 1 fully saturated rings. The first kappa shape index (κ1) is 12.2. The minimum atomic E-state index is -0.897. The lowest BCUT2D eigenvalue weighted by atomic mass is 9.75. The van der Waals surface area contributed by atoms with E-state index in [2.05, 4.69) is 10.0 Å². The van der Waals surface area contributed by atoms with Crippen molar-refractivity contribution in [2.45, 2.75) is 37.3 Å². The molecule has 0 spiro atoms. The van der Waals surface area contributed by atoms with Crippen LogP contribution in [0.25, 0.3) is 10.4 Å². The van der Waals surface area contributed by atoms with Crippen molar-refractivity contribution in [1.29, 1.82) is 0 Å². The molecule has 0 heterocycles. The summed E-state index contributed by atoms with van der Waals surface area (Å²) in [6.45, 7) is 0. The Morgan fingerprint density at radius 2 is 2.18 bits per heavy atom. The van der Waals surface area contributed by atoms with Crippen LogP contribution in [-0.2, 0) is 5.54 Å². The summed E-state index contributed by atoms with van der Waals surface area (Å²) in [7, 11) is 0. The van der Waals surface area contributed by atoms with Crippen molar-refractivity contribution >= 4 is 11.6 Å². The number of azide groups is 1. The van der Waals surface area contributed by atoms with E-state index in [0.29, 0.717) is 17.9 Å². The van der Waals surface area contributed by atoms with Crippen molar-refractivity contribution < 1.29 is 5.11 Å². The predicted molar refractivity (Wildman–Crippen MR) is 66.8 cm³/mol. The van der Waals surface area contributed by atoms with E-state index in [0.717, 1.165) is 18.4 Å². The third kappa shape index (κ3) is 2.12. The van der Waals surface area contributed by atoms with Gasteiger partial charge in [0.05, 0.1) is 6.10 Å². The van der Waals surface area contributed by atoms with Gasteiger partial charge in [-0.15, -0.1) is 0 Å². The molecule has 1 aromatic rings. The molecule has 0 aliphatic heterocycles. The van der Waals surface area contributed by atoms with Crippen molar-refractivity contribution in [3.63, 3.8) is 0 Å². The molecule has 0 amide bonds. The fourth-order valence-electron chi connectivity index (χ4n) is 2.51. The van der Waals surface area contributed by atoms with Gasteiger partial charge in [-0.3, -0.25) is 0 Å². The maximum absolute atomic E-state index is 10.2. The van der Waals surface area contributed by atoms with E-state index in [4.69, 9.17) is 17.1 Å². The number of aliphatic hydroxyl groups is 1. The maximum Gasteiger partial charge on any atom is 0.101 e. The maximum atomic E-state index is 10.2. The Morgan fingerprint density at radius 3 is 2.82 bits per heavy atom. The third-order valence-corrected chi connectivity index (χ3v) is 3.73. The van der Waals surface area contributed by atoms with E-state index in [1.54, 1.807) is 6.07 Å². The van der Waals surface area contributed by atoms with E-state index in [1.165, 1.54) is 0 Å². The molecule has 0 saturated heterocycles. The summed E-state index contributed by atoms with van der Waals surface area (Å²) in [6.07, 6.45) is 2.51. The van der Waals surface area contributed by atoms with E-state index >= 15 is 0 Å². The summed E-state index contributed by atoms with van der Waals surface area (Å²) in [6, 6.07) is 7.25. The molecule has 2 atom stereocenters. The number of hydrogen-bond donors (Lipinski definition) is 1. The topological polar surface area (TPSA) is 69.0 Å². The van der Waals surface area contributed by atoms with Gasteiger partial charge in [-0.25, -0.2) is 0 Å². The van der Waals surface area contributed by atoms with Crippen LogP contribution < -0.4 is 0 Å². The number of nitrogens with zero attached hydrogens (tertiary/aromatic N) is 3. The van der Waals surface area contributed by atoms with Crippen LogP contribution in [0.15, 0.2) is 29.4 Å². The van der Waals surface area contributed by atoms with Crippen LogP contribution >= 0.6 is 11.6 Å². The first-order valence-electron chi connectivity index (χ1n) is 5.70. The minimum absolute atomic E-state index is 0.542. The molecule has 0 unspecified atom stereocenters. The molecule has 1 aliphatic carbocycles. The second kappa shape index (κ2) is 4.96. The Bertz CT molecular complexity index is 459. The minimum Gasteiger partial charge on any atom is -0.392 e. The number of hydrogen-bond acceptors (Lipinski definition) is 2. The zero-order valence-electron chi connectivity index (χ0n) is 9.38. The van der Waals surface area contributed by atoms with Gasteiger partial charge < -0.3 is 5.11 Å². The first-order valence-corrected chi connectivity index (χ1v) is 6.08. The summed E-state index contributed by atoms with van der Waals surface area (Å²) < 4.78 is 0. The lowest BCUT2D eigenvalue weighted by molar-refractivity contribution is 0.0453. The van der Waals surface area contributed by atoms with Gasteiger partial charge >= 0.3 is 0 Å². The van der Waals surface area contributed by atoms with E-state index in [1.807, 2.05) is 18.2 Å². The van der Waals surface area contributed by atoms with Crippen LogP contribution in [0.2, 0.25) is 5.02 Å². The Balaban J connectivity index is 2.54. The Hall–Kier alpha value is -1.22. The van der Waals surface area contributed by atoms with Crippen molar-refractivity contribution in [3.05, 3.63) is 45.3 Å². The molecule has 4 nitrogen and oxygen atoms in total. The highest BCUT2D eigenvalue weighted by Gasteiger charge is 2.42. The molecule has 1 saturated carbocycles. The average Bonchev–Trinajstić information content (AvgIpc) is 2.33. The zero-order valence-corrected chi connectivity index (χ0v) is 10.1. The fourth-order valence-corrected chi connectivity index (χ4v) is 2.81. The molecular weight excluding hydrogens is 238 g/mol. The average molecular weight is 252 g/mol. The van der Waals surface area contributed by atoms with Gasteiger partial charge in [0, 0.05) is 9.93 Å². The zero-order chi connectivity index (χ0) is 12.3. The smallest absolute Gasteiger partial charge is 0.101 e. The largest absolute Gasteiger partial charge is 0.392 e. The molecular formula is C12H14ClN3O. The lowest BCUT2D eigenvalue weighted by Crippen LogP contribution is -2.40. The quantitative estimate of drug-likeness (QED) is 0.485. The molecule has 5 heteroatoms. The van der Waals surface area contributed by atoms with Gasteiger partial charge in [-0.05, 0) is 30.0 Å². The summed E-state index contributed by atoms with van der Waals surface area (Å²) in [5, 5.41) is 14.6. The molecule has 0 radical (unpaired) electrons. The van der Waals surface area contributed by atoms with Crippen LogP contribution in [0.1, 0.15) is 31.2 Å². The standard InChI is InChI=1S/C12H14ClN3O/c13-10-6-2-1-5-9(10)12(15-16-14)8-4-3-7-11(12)17/h1-2,5-6,11,17H,3-4,7-8H2/t11-,12-/m1/s1.